The quantitative estimate of drug-likeness (QED) is 0.114. The van der Waals surface area contributed by atoms with Gasteiger partial charge in [-0.05, 0) is 54.6 Å². The number of hydrogen-bond acceptors (Lipinski definition) is 12. The average Bonchev–Trinajstić information content (AvgIpc) is 3.66. The number of halogens is 3. The topological polar surface area (TPSA) is 202 Å². The van der Waals surface area contributed by atoms with Crippen LogP contribution < -0.4 is 24.7 Å². The molecule has 0 saturated carbocycles. The number of rotatable bonds is 16. The van der Waals surface area contributed by atoms with Gasteiger partial charge in [0.25, 0.3) is 16.0 Å². The standard InChI is InChI=1S/C28H29F3N4O10S2/c1-46(37,38)44-20(14-33-11-12-41-19-7-8-23(45-47(2,39)40)21(13-19)26(32)36)16-42-18-5-3-17(4-6-18)22-9-10-24(43-22)27-34-15-25(35-27)28(29,30)31/h3-10,13,15,20,33H,11-12,14,16H2,1-2H3,(H2,32,36)(H,34,35). The van der Waals surface area contributed by atoms with Crippen molar-refractivity contribution in [2.24, 2.45) is 5.73 Å². The minimum Gasteiger partial charge on any atom is -0.492 e. The van der Waals surface area contributed by atoms with Crippen molar-refractivity contribution in [2.75, 3.05) is 38.8 Å². The Morgan fingerprint density at radius 1 is 0.979 bits per heavy atom. The molecule has 0 aliphatic rings. The van der Waals surface area contributed by atoms with E-state index in [1.165, 1.54) is 24.3 Å². The molecule has 1 amide bonds. The molecule has 0 radical (unpaired) electrons. The Kier molecular flexibility index (Phi) is 10.8. The number of carbonyl (C=O) groups excluding carboxylic acids is 1. The molecule has 0 fully saturated rings. The van der Waals surface area contributed by atoms with Gasteiger partial charge in [-0.15, -0.1) is 0 Å². The van der Waals surface area contributed by atoms with Crippen LogP contribution in [-0.4, -0.2) is 77.6 Å². The first-order valence-corrected chi connectivity index (χ1v) is 17.1. The number of carbonyl (C=O) groups is 1. The lowest BCUT2D eigenvalue weighted by Crippen LogP contribution is -2.37. The summed E-state index contributed by atoms with van der Waals surface area (Å²) in [6, 6.07) is 13.4. The van der Waals surface area contributed by atoms with Gasteiger partial charge in [-0.3, -0.25) is 8.98 Å². The molecule has 254 valence electrons. The summed E-state index contributed by atoms with van der Waals surface area (Å²) in [6.07, 6.45) is -3.06. The maximum absolute atomic E-state index is 12.8. The Balaban J connectivity index is 1.29. The van der Waals surface area contributed by atoms with Crippen LogP contribution in [0.15, 0.2) is 65.2 Å². The van der Waals surface area contributed by atoms with Gasteiger partial charge in [-0.25, -0.2) is 4.98 Å². The van der Waals surface area contributed by atoms with Crippen molar-refractivity contribution in [1.82, 2.24) is 15.3 Å². The molecule has 2 aromatic carbocycles. The van der Waals surface area contributed by atoms with Gasteiger partial charge in [-0.2, -0.15) is 30.0 Å². The lowest BCUT2D eigenvalue weighted by Gasteiger charge is -2.18. The maximum atomic E-state index is 12.8. The second kappa shape index (κ2) is 14.4. The predicted molar refractivity (Wildman–Crippen MR) is 161 cm³/mol. The third-order valence-electron chi connectivity index (χ3n) is 5.97. The summed E-state index contributed by atoms with van der Waals surface area (Å²) in [7, 11) is -7.74. The summed E-state index contributed by atoms with van der Waals surface area (Å²) in [5.41, 5.74) is 4.64. The smallest absolute Gasteiger partial charge is 0.434 e. The van der Waals surface area contributed by atoms with Crippen molar-refractivity contribution in [3.8, 4) is 40.2 Å². The molecule has 1 unspecified atom stereocenters. The second-order valence-electron chi connectivity index (χ2n) is 9.92. The van der Waals surface area contributed by atoms with Gasteiger partial charge in [0.15, 0.2) is 23.0 Å². The molecule has 4 aromatic rings. The normalized spacial score (nSPS) is 12.9. The molecule has 0 bridgehead atoms. The molecule has 1 atom stereocenters. The molecule has 2 heterocycles. The van der Waals surface area contributed by atoms with Gasteiger partial charge in [0.1, 0.15) is 36.6 Å². The van der Waals surface area contributed by atoms with Crippen LogP contribution in [0.4, 0.5) is 13.2 Å². The van der Waals surface area contributed by atoms with E-state index in [0.29, 0.717) is 17.1 Å². The Labute approximate surface area is 267 Å². The van der Waals surface area contributed by atoms with E-state index in [1.54, 1.807) is 30.3 Å². The number of nitrogens with one attached hydrogen (secondary N) is 2. The number of aromatic amines is 1. The number of imidazole rings is 1. The highest BCUT2D eigenvalue weighted by Crippen LogP contribution is 2.32. The third kappa shape index (κ3) is 10.7. The van der Waals surface area contributed by atoms with Crippen molar-refractivity contribution in [2.45, 2.75) is 12.3 Å². The first-order valence-electron chi connectivity index (χ1n) is 13.5. The zero-order valence-electron chi connectivity index (χ0n) is 24.7. The SMILES string of the molecule is CS(=O)(=O)Oc1ccc(OCCNCC(COc2ccc(-c3ccc(-c4nc(C(F)(F)F)c[nH]4)o3)cc2)OS(C)(=O)=O)cc1C(N)=O. The predicted octanol–water partition coefficient (Wildman–Crippen LogP) is 3.19. The summed E-state index contributed by atoms with van der Waals surface area (Å²) >= 11 is 0. The first-order chi connectivity index (χ1) is 22.0. The van der Waals surface area contributed by atoms with Crippen LogP contribution in [-0.2, 0) is 30.6 Å². The van der Waals surface area contributed by atoms with Gasteiger partial charge < -0.3 is 34.1 Å². The molecule has 4 rings (SSSR count). The molecule has 14 nitrogen and oxygen atoms in total. The first kappa shape index (κ1) is 35.3. The number of alkyl halides is 3. The fourth-order valence-corrected chi connectivity index (χ4v) is 5.11. The fourth-order valence-electron chi connectivity index (χ4n) is 4.02. The largest absolute Gasteiger partial charge is 0.492 e. The molecule has 0 aliphatic carbocycles. The number of furan rings is 1. The monoisotopic (exact) mass is 702 g/mol. The maximum Gasteiger partial charge on any atom is 0.434 e. The summed E-state index contributed by atoms with van der Waals surface area (Å²) in [5.74, 6) is -0.179. The van der Waals surface area contributed by atoms with Crippen LogP contribution >= 0.6 is 0 Å². The van der Waals surface area contributed by atoms with Crippen molar-refractivity contribution in [3.63, 3.8) is 0 Å². The minimum atomic E-state index is -4.59. The van der Waals surface area contributed by atoms with E-state index in [0.717, 1.165) is 18.7 Å². The highest BCUT2D eigenvalue weighted by molar-refractivity contribution is 7.86. The number of primary amides is 1. The van der Waals surface area contributed by atoms with Crippen molar-refractivity contribution in [3.05, 3.63) is 72.1 Å². The van der Waals surface area contributed by atoms with Crippen LogP contribution in [0.5, 0.6) is 17.2 Å². The third-order valence-corrected chi connectivity index (χ3v) is 7.07. The average molecular weight is 703 g/mol. The number of nitrogens with two attached hydrogens (primary N) is 1. The second-order valence-corrected chi connectivity index (χ2v) is 13.1. The number of H-pyrrole nitrogens is 1. The number of benzene rings is 2. The van der Waals surface area contributed by atoms with Crippen LogP contribution in [0.3, 0.4) is 0 Å². The van der Waals surface area contributed by atoms with Gasteiger partial charge in [0.2, 0.25) is 0 Å². The van der Waals surface area contributed by atoms with E-state index in [2.05, 4.69) is 15.3 Å². The zero-order valence-corrected chi connectivity index (χ0v) is 26.4. The van der Waals surface area contributed by atoms with E-state index in [-0.39, 0.29) is 55.0 Å². The van der Waals surface area contributed by atoms with Gasteiger partial charge in [0.05, 0.1) is 18.1 Å². The van der Waals surface area contributed by atoms with Crippen LogP contribution in [0.2, 0.25) is 0 Å². The van der Waals surface area contributed by atoms with Crippen molar-refractivity contribution in [1.29, 1.82) is 0 Å². The number of ether oxygens (including phenoxy) is 2. The van der Waals surface area contributed by atoms with Gasteiger partial charge >= 0.3 is 16.3 Å². The van der Waals surface area contributed by atoms with Gasteiger partial charge in [-0.1, -0.05) is 0 Å². The van der Waals surface area contributed by atoms with Crippen molar-refractivity contribution >= 4 is 26.1 Å². The zero-order chi connectivity index (χ0) is 34.4. The molecule has 0 saturated heterocycles. The van der Waals surface area contributed by atoms with Crippen molar-refractivity contribution < 1.29 is 57.1 Å². The lowest BCUT2D eigenvalue weighted by atomic mass is 10.2. The van der Waals surface area contributed by atoms with Gasteiger partial charge in [0, 0.05) is 24.8 Å². The minimum absolute atomic E-state index is 0.0419. The molecule has 4 N–H and O–H groups in total. The number of nitrogens with zero attached hydrogens (tertiary/aromatic N) is 1. The van der Waals surface area contributed by atoms with Crippen LogP contribution in [0.25, 0.3) is 22.9 Å². The number of aromatic nitrogens is 2. The lowest BCUT2D eigenvalue weighted by molar-refractivity contribution is -0.140. The Hall–Kier alpha value is -4.59. The van der Waals surface area contributed by atoms with E-state index in [4.69, 9.17) is 28.0 Å². The Morgan fingerprint density at radius 3 is 2.28 bits per heavy atom. The molecular weight excluding hydrogens is 673 g/mol. The van der Waals surface area contributed by atoms with Crippen LogP contribution in [0, 0.1) is 0 Å². The highest BCUT2D eigenvalue weighted by atomic mass is 32.2. The molecule has 0 spiro atoms. The van der Waals surface area contributed by atoms with E-state index < -0.39 is 44.1 Å². The summed E-state index contributed by atoms with van der Waals surface area (Å²) in [4.78, 5) is 17.7. The number of amides is 1. The highest BCUT2D eigenvalue weighted by Gasteiger charge is 2.34. The Bertz CT molecular complexity index is 1910. The molecule has 0 aliphatic heterocycles. The molecule has 19 heteroatoms. The van der Waals surface area contributed by atoms with E-state index in [9.17, 15) is 34.8 Å². The summed E-state index contributed by atoms with van der Waals surface area (Å²) in [5, 5.41) is 2.98. The Morgan fingerprint density at radius 2 is 1.66 bits per heavy atom. The molecular formula is C28H29F3N4O10S2. The fraction of sp³-hybridized carbons (Fsp3) is 0.286. The molecule has 2 aromatic heterocycles. The van der Waals surface area contributed by atoms with E-state index in [1.807, 2.05) is 0 Å². The summed E-state index contributed by atoms with van der Waals surface area (Å²) in [6.45, 7) is 0.165. The summed E-state index contributed by atoms with van der Waals surface area (Å²) < 4.78 is 112. The van der Waals surface area contributed by atoms with E-state index >= 15 is 0 Å². The molecule has 47 heavy (non-hydrogen) atoms. The number of hydrogen-bond donors (Lipinski definition) is 3. The van der Waals surface area contributed by atoms with Crippen LogP contribution in [0.1, 0.15) is 16.1 Å².